The summed E-state index contributed by atoms with van der Waals surface area (Å²) >= 11 is 0. The molecule has 1 amide bonds. The fourth-order valence-corrected chi connectivity index (χ4v) is 4.61. The number of nitrogens with zero attached hydrogens (tertiary/aromatic N) is 2. The van der Waals surface area contributed by atoms with E-state index in [2.05, 4.69) is 41.2 Å². The summed E-state index contributed by atoms with van der Waals surface area (Å²) in [4.78, 5) is 19.2. The summed E-state index contributed by atoms with van der Waals surface area (Å²) in [5, 5.41) is 2.90. The van der Waals surface area contributed by atoms with Crippen LogP contribution in [-0.4, -0.2) is 44.9 Å². The van der Waals surface area contributed by atoms with Crippen LogP contribution in [0.5, 0.6) is 0 Å². The van der Waals surface area contributed by atoms with Gasteiger partial charge in [0.25, 0.3) is 0 Å². The fraction of sp³-hybridized carbons (Fsp3) is 0.385. The molecule has 1 aromatic heterocycles. The number of carbonyl (C=O) groups is 1. The monoisotopic (exact) mass is 467 g/mol. The molecule has 3 rings (SSSR count). The first kappa shape index (κ1) is 24.9. The first-order valence-electron chi connectivity index (χ1n) is 11.2. The topological polar surface area (TPSA) is 75.4 Å². The predicted molar refractivity (Wildman–Crippen MR) is 133 cm³/mol. The minimum absolute atomic E-state index is 0.0492. The Morgan fingerprint density at radius 1 is 1.12 bits per heavy atom. The number of nitrogens with one attached hydrogen (secondary N) is 1. The zero-order chi connectivity index (χ0) is 23.8. The molecule has 0 aliphatic carbocycles. The minimum atomic E-state index is -1.36. The largest absolute Gasteiger partial charge is 0.441 e. The van der Waals surface area contributed by atoms with Crippen LogP contribution in [0.4, 0.5) is 0 Å². The maximum atomic E-state index is 12.6. The highest BCUT2D eigenvalue weighted by molar-refractivity contribution is 7.84. The summed E-state index contributed by atoms with van der Waals surface area (Å²) in [6, 6.07) is 18.5. The van der Waals surface area contributed by atoms with E-state index in [0.717, 1.165) is 24.2 Å². The van der Waals surface area contributed by atoms with E-state index in [-0.39, 0.29) is 17.4 Å². The Morgan fingerprint density at radius 2 is 1.88 bits per heavy atom. The highest BCUT2D eigenvalue weighted by atomic mass is 32.2. The summed E-state index contributed by atoms with van der Waals surface area (Å²) < 4.78 is 18.4. The Bertz CT molecular complexity index is 1080. The van der Waals surface area contributed by atoms with E-state index in [9.17, 15) is 9.00 Å². The smallest absolute Gasteiger partial charge is 0.232 e. The van der Waals surface area contributed by atoms with Crippen molar-refractivity contribution in [2.45, 2.75) is 46.0 Å². The van der Waals surface area contributed by atoms with Gasteiger partial charge in [0.1, 0.15) is 11.5 Å². The van der Waals surface area contributed by atoms with E-state index in [1.807, 2.05) is 56.3 Å². The van der Waals surface area contributed by atoms with E-state index < -0.39 is 10.8 Å². The number of aryl methyl sites for hydroxylation is 2. The lowest BCUT2D eigenvalue weighted by Gasteiger charge is -2.26. The Balaban J connectivity index is 1.47. The van der Waals surface area contributed by atoms with Crippen LogP contribution in [0.1, 0.15) is 36.4 Å². The van der Waals surface area contributed by atoms with Gasteiger partial charge in [0.2, 0.25) is 11.8 Å². The second kappa shape index (κ2) is 11.9. The van der Waals surface area contributed by atoms with Crippen LogP contribution in [0.2, 0.25) is 0 Å². The number of rotatable bonds is 11. The Hall–Kier alpha value is -2.77. The first-order valence-corrected chi connectivity index (χ1v) is 12.7. The second-order valence-corrected chi connectivity index (χ2v) is 9.98. The van der Waals surface area contributed by atoms with Crippen LogP contribution in [0.3, 0.4) is 0 Å². The van der Waals surface area contributed by atoms with Gasteiger partial charge in [0.15, 0.2) is 0 Å². The molecule has 1 atom stereocenters. The number of benzene rings is 2. The van der Waals surface area contributed by atoms with Crippen molar-refractivity contribution in [3.8, 4) is 11.5 Å². The van der Waals surface area contributed by atoms with Crippen molar-refractivity contribution < 1.29 is 13.4 Å². The molecule has 0 saturated heterocycles. The maximum Gasteiger partial charge on any atom is 0.232 e. The molecule has 6 nitrogen and oxygen atoms in total. The maximum absolute atomic E-state index is 12.6. The SMILES string of the molecule is Cc1cccc(-c2nc(C[S@](=O)CC(=O)NCCN(Cc3ccccc3)C(C)C)c(C)o2)c1. The summed E-state index contributed by atoms with van der Waals surface area (Å²) in [6.45, 7) is 10.2. The zero-order valence-electron chi connectivity index (χ0n) is 19.8. The standard InChI is InChI=1S/C26H33N3O3S/c1-19(2)29(16-22-10-6-5-7-11-22)14-13-27-25(30)18-33(31)17-24-21(4)32-26(28-24)23-12-8-9-20(3)15-23/h5-12,15,19H,13-14,16-18H2,1-4H3,(H,27,30)/t33-/m0/s1. The Labute approximate surface area is 198 Å². The molecule has 7 heteroatoms. The molecule has 0 fully saturated rings. The van der Waals surface area contributed by atoms with Gasteiger partial charge in [-0.05, 0) is 45.4 Å². The molecular formula is C26H33N3O3S. The number of hydrogen-bond acceptors (Lipinski definition) is 5. The van der Waals surface area contributed by atoms with E-state index in [0.29, 0.717) is 29.9 Å². The van der Waals surface area contributed by atoms with Gasteiger partial charge < -0.3 is 9.73 Å². The van der Waals surface area contributed by atoms with Crippen LogP contribution >= 0.6 is 0 Å². The number of hydrogen-bond donors (Lipinski definition) is 1. The van der Waals surface area contributed by atoms with Gasteiger partial charge in [-0.1, -0.05) is 48.0 Å². The summed E-state index contributed by atoms with van der Waals surface area (Å²) in [6.07, 6.45) is 0. The van der Waals surface area contributed by atoms with Gasteiger partial charge in [-0.15, -0.1) is 0 Å². The van der Waals surface area contributed by atoms with Crippen molar-refractivity contribution in [2.75, 3.05) is 18.8 Å². The minimum Gasteiger partial charge on any atom is -0.441 e. The van der Waals surface area contributed by atoms with E-state index in [4.69, 9.17) is 4.42 Å². The fourth-order valence-electron chi connectivity index (χ4n) is 3.54. The van der Waals surface area contributed by atoms with E-state index in [1.165, 1.54) is 5.56 Å². The highest BCUT2D eigenvalue weighted by Crippen LogP contribution is 2.23. The number of carbonyl (C=O) groups excluding carboxylic acids is 1. The van der Waals surface area contributed by atoms with Gasteiger partial charge in [0, 0.05) is 42.0 Å². The van der Waals surface area contributed by atoms with Crippen molar-refractivity contribution in [3.63, 3.8) is 0 Å². The lowest BCUT2D eigenvalue weighted by Crippen LogP contribution is -2.39. The van der Waals surface area contributed by atoms with Crippen LogP contribution in [0.15, 0.2) is 59.0 Å². The Morgan fingerprint density at radius 3 is 2.58 bits per heavy atom. The molecule has 176 valence electrons. The molecule has 0 bridgehead atoms. The van der Waals surface area contributed by atoms with Crippen LogP contribution in [0.25, 0.3) is 11.5 Å². The molecule has 2 aromatic carbocycles. The van der Waals surface area contributed by atoms with Gasteiger partial charge in [-0.25, -0.2) is 4.98 Å². The van der Waals surface area contributed by atoms with Crippen molar-refractivity contribution in [2.24, 2.45) is 0 Å². The zero-order valence-corrected chi connectivity index (χ0v) is 20.7. The lowest BCUT2D eigenvalue weighted by molar-refractivity contribution is -0.118. The molecule has 0 unspecified atom stereocenters. The number of aromatic nitrogens is 1. The molecule has 1 N–H and O–H groups in total. The van der Waals surface area contributed by atoms with Crippen LogP contribution in [-0.2, 0) is 27.9 Å². The molecule has 0 aliphatic rings. The molecule has 0 spiro atoms. The summed E-state index contributed by atoms with van der Waals surface area (Å²) in [7, 11) is -1.36. The molecule has 3 aromatic rings. The van der Waals surface area contributed by atoms with Crippen molar-refractivity contribution in [1.82, 2.24) is 15.2 Å². The van der Waals surface area contributed by atoms with Crippen molar-refractivity contribution >= 4 is 16.7 Å². The summed E-state index contributed by atoms with van der Waals surface area (Å²) in [5.74, 6) is 1.08. The normalized spacial score (nSPS) is 12.3. The third-order valence-corrected chi connectivity index (χ3v) is 6.61. The van der Waals surface area contributed by atoms with Crippen molar-refractivity contribution in [3.05, 3.63) is 77.2 Å². The summed E-state index contributed by atoms with van der Waals surface area (Å²) in [5.41, 5.74) is 3.88. The molecule has 0 radical (unpaired) electrons. The first-order chi connectivity index (χ1) is 15.8. The highest BCUT2D eigenvalue weighted by Gasteiger charge is 2.17. The molecular weight excluding hydrogens is 434 g/mol. The van der Waals surface area contributed by atoms with Gasteiger partial charge in [0.05, 0.1) is 11.4 Å². The number of amides is 1. The molecule has 1 heterocycles. The molecule has 0 saturated carbocycles. The van der Waals surface area contributed by atoms with Gasteiger partial charge in [-0.3, -0.25) is 13.9 Å². The van der Waals surface area contributed by atoms with Gasteiger partial charge in [-0.2, -0.15) is 0 Å². The van der Waals surface area contributed by atoms with E-state index >= 15 is 0 Å². The van der Waals surface area contributed by atoms with Crippen LogP contribution < -0.4 is 5.32 Å². The average Bonchev–Trinajstić information content (AvgIpc) is 3.13. The predicted octanol–water partition coefficient (Wildman–Crippen LogP) is 4.23. The lowest BCUT2D eigenvalue weighted by atomic mass is 10.1. The van der Waals surface area contributed by atoms with E-state index in [1.54, 1.807) is 0 Å². The number of oxazole rings is 1. The van der Waals surface area contributed by atoms with Crippen molar-refractivity contribution in [1.29, 1.82) is 0 Å². The Kier molecular flexibility index (Phi) is 8.97. The average molecular weight is 468 g/mol. The van der Waals surface area contributed by atoms with Crippen LogP contribution in [0, 0.1) is 13.8 Å². The molecule has 0 aliphatic heterocycles. The third kappa shape index (κ3) is 7.65. The van der Waals surface area contributed by atoms with Gasteiger partial charge >= 0.3 is 0 Å². The second-order valence-electron chi connectivity index (χ2n) is 8.52. The molecule has 33 heavy (non-hydrogen) atoms. The quantitative estimate of drug-likeness (QED) is 0.457. The third-order valence-electron chi connectivity index (χ3n) is 5.43.